The summed E-state index contributed by atoms with van der Waals surface area (Å²) in [4.78, 5) is 10.8. The lowest BCUT2D eigenvalue weighted by molar-refractivity contribution is 0.781. The molecule has 0 aliphatic heterocycles. The van der Waals surface area contributed by atoms with Gasteiger partial charge in [-0.05, 0) is 26.0 Å². The monoisotopic (exact) mass is 175 g/mol. The Morgan fingerprint density at radius 1 is 1.08 bits per heavy atom. The third-order valence-electron chi connectivity index (χ3n) is 1.82. The molecule has 3 nitrogen and oxygen atoms in total. The van der Waals surface area contributed by atoms with Gasteiger partial charge < -0.3 is 9.97 Å². The number of aromatic amines is 2. The Labute approximate surface area is 76.5 Å². The number of hydrogen-bond donors (Lipinski definition) is 2. The largest absolute Gasteiger partial charge is 0.324 e. The molecule has 0 radical (unpaired) electrons. The summed E-state index contributed by atoms with van der Waals surface area (Å²) in [5.41, 5.74) is 3.04. The lowest BCUT2D eigenvalue weighted by Gasteiger charge is -1.89. The molecule has 3 heteroatoms. The van der Waals surface area contributed by atoms with Crippen LogP contribution >= 0.6 is 0 Å². The normalized spacial score (nSPS) is 11.0. The van der Waals surface area contributed by atoms with E-state index in [9.17, 15) is 0 Å². The molecule has 0 fully saturated rings. The molecule has 0 amide bonds. The maximum Gasteiger partial charge on any atom is 0.200 e. The number of para-hydroxylation sites is 2. The first-order valence-electron chi connectivity index (χ1n) is 4.46. The van der Waals surface area contributed by atoms with Crippen molar-refractivity contribution in [1.29, 1.82) is 0 Å². The zero-order chi connectivity index (χ0) is 9.26. The van der Waals surface area contributed by atoms with Crippen LogP contribution in [0.4, 0.5) is 0 Å². The maximum absolute atomic E-state index is 4.39. The van der Waals surface area contributed by atoms with Gasteiger partial charge in [-0.25, -0.2) is 4.99 Å². The van der Waals surface area contributed by atoms with Crippen LogP contribution in [0.15, 0.2) is 29.3 Å². The van der Waals surface area contributed by atoms with E-state index in [4.69, 9.17) is 0 Å². The minimum atomic E-state index is 0.310. The summed E-state index contributed by atoms with van der Waals surface area (Å²) >= 11 is 0. The fraction of sp³-hybridized carbons (Fsp3) is 0.300. The third-order valence-corrected chi connectivity index (χ3v) is 1.82. The van der Waals surface area contributed by atoms with E-state index in [1.807, 2.05) is 24.3 Å². The van der Waals surface area contributed by atoms with Crippen LogP contribution in [0.3, 0.4) is 0 Å². The summed E-state index contributed by atoms with van der Waals surface area (Å²) in [6.07, 6.45) is 0. The van der Waals surface area contributed by atoms with Crippen molar-refractivity contribution in [2.75, 3.05) is 0 Å². The number of hydrogen-bond acceptors (Lipinski definition) is 1. The first-order chi connectivity index (χ1) is 6.25. The number of rotatable bonds is 1. The van der Waals surface area contributed by atoms with Gasteiger partial charge in [-0.2, -0.15) is 0 Å². The molecule has 68 valence electrons. The number of H-pyrrole nitrogens is 2. The topological polar surface area (TPSA) is 43.9 Å². The van der Waals surface area contributed by atoms with Crippen molar-refractivity contribution in [2.24, 2.45) is 4.99 Å². The highest BCUT2D eigenvalue weighted by molar-refractivity contribution is 5.73. The van der Waals surface area contributed by atoms with Gasteiger partial charge in [-0.15, -0.1) is 0 Å². The zero-order valence-electron chi connectivity index (χ0n) is 7.83. The molecule has 0 aliphatic rings. The van der Waals surface area contributed by atoms with Gasteiger partial charge in [-0.3, -0.25) is 0 Å². The van der Waals surface area contributed by atoms with Crippen LogP contribution in [0.25, 0.3) is 11.0 Å². The fourth-order valence-corrected chi connectivity index (χ4v) is 1.31. The van der Waals surface area contributed by atoms with Gasteiger partial charge in [0.15, 0.2) is 0 Å². The van der Waals surface area contributed by atoms with Gasteiger partial charge in [0.2, 0.25) is 5.62 Å². The SMILES string of the molecule is CC(C)N=c1[nH]c2ccccc2[nH]1. The Balaban J connectivity index is 2.62. The predicted octanol–water partition coefficient (Wildman–Crippen LogP) is 1.81. The van der Waals surface area contributed by atoms with Crippen LogP contribution in [0, 0.1) is 0 Å². The van der Waals surface area contributed by atoms with Crippen molar-refractivity contribution in [2.45, 2.75) is 19.9 Å². The van der Waals surface area contributed by atoms with Crippen LogP contribution in [-0.4, -0.2) is 16.0 Å². The summed E-state index contributed by atoms with van der Waals surface area (Å²) in [5.74, 6) is 0. The van der Waals surface area contributed by atoms with Crippen LogP contribution in [0.1, 0.15) is 13.8 Å². The number of nitrogens with zero attached hydrogens (tertiary/aromatic N) is 1. The van der Waals surface area contributed by atoms with E-state index in [0.29, 0.717) is 6.04 Å². The van der Waals surface area contributed by atoms with Crippen molar-refractivity contribution < 1.29 is 0 Å². The molecule has 1 aromatic heterocycles. The lowest BCUT2D eigenvalue weighted by atomic mass is 10.3. The molecule has 2 rings (SSSR count). The maximum atomic E-state index is 4.39. The Bertz CT molecular complexity index is 426. The highest BCUT2D eigenvalue weighted by Gasteiger charge is 1.94. The number of nitrogens with one attached hydrogen (secondary N) is 2. The van der Waals surface area contributed by atoms with Crippen molar-refractivity contribution >= 4 is 11.0 Å². The molecule has 1 aromatic carbocycles. The molecule has 0 saturated heterocycles. The third kappa shape index (κ3) is 1.64. The Morgan fingerprint density at radius 2 is 1.62 bits per heavy atom. The van der Waals surface area contributed by atoms with E-state index in [-0.39, 0.29) is 0 Å². The summed E-state index contributed by atoms with van der Waals surface area (Å²) in [6, 6.07) is 8.39. The average Bonchev–Trinajstić information content (AvgIpc) is 2.44. The summed E-state index contributed by atoms with van der Waals surface area (Å²) < 4.78 is 0. The first kappa shape index (κ1) is 8.10. The summed E-state index contributed by atoms with van der Waals surface area (Å²) in [7, 11) is 0. The van der Waals surface area contributed by atoms with E-state index in [0.717, 1.165) is 16.7 Å². The Hall–Kier alpha value is -1.51. The second-order valence-corrected chi connectivity index (χ2v) is 3.37. The predicted molar refractivity (Wildman–Crippen MR) is 53.3 cm³/mol. The molecule has 0 bridgehead atoms. The van der Waals surface area contributed by atoms with Crippen LogP contribution in [0.5, 0.6) is 0 Å². The number of benzene rings is 1. The Kier molecular flexibility index (Phi) is 1.93. The van der Waals surface area contributed by atoms with Crippen molar-refractivity contribution in [3.63, 3.8) is 0 Å². The number of fused-ring (bicyclic) bond motifs is 1. The first-order valence-corrected chi connectivity index (χ1v) is 4.46. The van der Waals surface area contributed by atoms with E-state index in [2.05, 4.69) is 28.8 Å². The number of aromatic nitrogens is 2. The standard InChI is InChI=1S/C10H13N3/c1-7(2)11-10-12-8-5-3-4-6-9(8)13-10/h3-7H,1-2H3,(H2,11,12,13). The molecule has 0 unspecified atom stereocenters. The molecule has 2 N–H and O–H groups in total. The fourth-order valence-electron chi connectivity index (χ4n) is 1.31. The molecular formula is C10H13N3. The van der Waals surface area contributed by atoms with Gasteiger partial charge in [-0.1, -0.05) is 12.1 Å². The molecule has 0 atom stereocenters. The summed E-state index contributed by atoms with van der Waals surface area (Å²) in [5, 5.41) is 0. The van der Waals surface area contributed by atoms with Gasteiger partial charge in [0.1, 0.15) is 0 Å². The lowest BCUT2D eigenvalue weighted by Crippen LogP contribution is -2.09. The minimum absolute atomic E-state index is 0.310. The molecular weight excluding hydrogens is 162 g/mol. The number of imidazole rings is 1. The van der Waals surface area contributed by atoms with Crippen molar-refractivity contribution in [1.82, 2.24) is 9.97 Å². The quantitative estimate of drug-likeness (QED) is 0.664. The highest BCUT2D eigenvalue weighted by atomic mass is 15.0. The van der Waals surface area contributed by atoms with Crippen molar-refractivity contribution in [3.8, 4) is 0 Å². The van der Waals surface area contributed by atoms with E-state index in [1.165, 1.54) is 0 Å². The average molecular weight is 175 g/mol. The van der Waals surface area contributed by atoms with Crippen LogP contribution in [-0.2, 0) is 0 Å². The second kappa shape index (κ2) is 3.09. The highest BCUT2D eigenvalue weighted by Crippen LogP contribution is 2.03. The minimum Gasteiger partial charge on any atom is -0.324 e. The molecule has 0 saturated carbocycles. The van der Waals surface area contributed by atoms with Gasteiger partial charge in [0, 0.05) is 6.04 Å². The molecule has 2 aromatic rings. The summed E-state index contributed by atoms with van der Waals surface area (Å²) in [6.45, 7) is 4.11. The molecule has 0 spiro atoms. The van der Waals surface area contributed by atoms with E-state index >= 15 is 0 Å². The van der Waals surface area contributed by atoms with Crippen LogP contribution in [0.2, 0.25) is 0 Å². The van der Waals surface area contributed by atoms with Crippen LogP contribution < -0.4 is 5.62 Å². The zero-order valence-corrected chi connectivity index (χ0v) is 7.83. The molecule has 0 aliphatic carbocycles. The molecule has 13 heavy (non-hydrogen) atoms. The van der Waals surface area contributed by atoms with Crippen molar-refractivity contribution in [3.05, 3.63) is 29.9 Å². The smallest absolute Gasteiger partial charge is 0.200 e. The second-order valence-electron chi connectivity index (χ2n) is 3.37. The van der Waals surface area contributed by atoms with Gasteiger partial charge in [0.25, 0.3) is 0 Å². The van der Waals surface area contributed by atoms with Gasteiger partial charge in [0.05, 0.1) is 11.0 Å². The Morgan fingerprint density at radius 3 is 2.08 bits per heavy atom. The van der Waals surface area contributed by atoms with Gasteiger partial charge >= 0.3 is 0 Å². The van der Waals surface area contributed by atoms with E-state index in [1.54, 1.807) is 0 Å². The molecule has 1 heterocycles. The van der Waals surface area contributed by atoms with E-state index < -0.39 is 0 Å².